The maximum atomic E-state index is 4.66. The third-order valence-corrected chi connectivity index (χ3v) is 10.8. The van der Waals surface area contributed by atoms with Gasteiger partial charge < -0.3 is 10.6 Å². The fourth-order valence-corrected chi connectivity index (χ4v) is 8.71. The average Bonchev–Trinajstić information content (AvgIpc) is 3.46. The highest BCUT2D eigenvalue weighted by Gasteiger charge is 2.39. The van der Waals surface area contributed by atoms with Crippen molar-refractivity contribution in [3.63, 3.8) is 0 Å². The molecule has 10 heteroatoms. The molecule has 0 fully saturated rings. The van der Waals surface area contributed by atoms with Crippen LogP contribution in [0.3, 0.4) is 0 Å². The molecule has 2 atom stereocenters. The SMILES string of the molecule is CCCCC1(Nc2ccccc2)NN=C(SSC2=NNC(CCCC)(Nc3ccccc3)S2)S1. The summed E-state index contributed by atoms with van der Waals surface area (Å²) >= 11 is 3.52. The molecular formula is C24H32N6S4. The summed E-state index contributed by atoms with van der Waals surface area (Å²) in [7, 11) is 3.33. The Hall–Kier alpha value is -1.62. The lowest BCUT2D eigenvalue weighted by molar-refractivity contribution is 0.489. The maximum Gasteiger partial charge on any atom is 0.178 e. The molecule has 0 bridgehead atoms. The Morgan fingerprint density at radius 3 is 1.50 bits per heavy atom. The number of nitrogens with one attached hydrogen (secondary N) is 4. The van der Waals surface area contributed by atoms with Crippen LogP contribution in [0.15, 0.2) is 70.9 Å². The monoisotopic (exact) mass is 532 g/mol. The fourth-order valence-electron chi connectivity index (χ4n) is 3.61. The summed E-state index contributed by atoms with van der Waals surface area (Å²) in [5.41, 5.74) is 8.97. The Bertz CT molecular complexity index is 894. The van der Waals surface area contributed by atoms with Gasteiger partial charge in [-0.3, -0.25) is 10.9 Å². The molecule has 4 rings (SSSR count). The molecule has 34 heavy (non-hydrogen) atoms. The Balaban J connectivity index is 1.33. The van der Waals surface area contributed by atoms with E-state index in [4.69, 9.17) is 0 Å². The van der Waals surface area contributed by atoms with Gasteiger partial charge in [-0.15, -0.1) is 0 Å². The number of benzene rings is 2. The Morgan fingerprint density at radius 1 is 0.706 bits per heavy atom. The minimum absolute atomic E-state index is 0.317. The first-order valence-corrected chi connectivity index (χ1v) is 15.5. The van der Waals surface area contributed by atoms with Crippen molar-refractivity contribution in [1.82, 2.24) is 10.9 Å². The standard InChI is InChI=1S/C24H32N6S4/c1-3-5-17-23(25-19-13-9-7-10-14-19)29-27-21(31-23)33-34-22-28-30-24(32-22,18-6-4-2)26-20-15-11-8-12-16-20/h7-16,25-26,29-30H,3-6,17-18H2,1-2H3. The van der Waals surface area contributed by atoms with E-state index in [0.29, 0.717) is 0 Å². The van der Waals surface area contributed by atoms with E-state index in [1.807, 2.05) is 12.1 Å². The van der Waals surface area contributed by atoms with Gasteiger partial charge >= 0.3 is 0 Å². The number of rotatable bonds is 10. The Kier molecular flexibility index (Phi) is 9.27. The van der Waals surface area contributed by atoms with Gasteiger partial charge in [-0.1, -0.05) is 63.1 Å². The molecule has 0 spiro atoms. The van der Waals surface area contributed by atoms with E-state index in [2.05, 4.69) is 94.1 Å². The fraction of sp³-hybridized carbons (Fsp3) is 0.417. The van der Waals surface area contributed by atoms with Crippen molar-refractivity contribution in [1.29, 1.82) is 0 Å². The second kappa shape index (κ2) is 12.4. The van der Waals surface area contributed by atoms with Gasteiger partial charge in [0.1, 0.15) is 0 Å². The molecule has 0 aliphatic carbocycles. The van der Waals surface area contributed by atoms with Crippen LogP contribution < -0.4 is 21.5 Å². The molecule has 0 aromatic heterocycles. The molecule has 2 aliphatic rings. The van der Waals surface area contributed by atoms with E-state index in [1.54, 1.807) is 45.1 Å². The van der Waals surface area contributed by atoms with E-state index >= 15 is 0 Å². The highest BCUT2D eigenvalue weighted by molar-refractivity contribution is 8.93. The number of para-hydroxylation sites is 2. The molecule has 2 heterocycles. The maximum absolute atomic E-state index is 4.66. The van der Waals surface area contributed by atoms with Crippen molar-refractivity contribution >= 4 is 65.2 Å². The van der Waals surface area contributed by atoms with Crippen LogP contribution in [0.5, 0.6) is 0 Å². The molecule has 182 valence electrons. The van der Waals surface area contributed by atoms with Crippen molar-refractivity contribution in [2.75, 3.05) is 10.6 Å². The lowest BCUT2D eigenvalue weighted by atomic mass is 10.2. The normalized spacial score (nSPS) is 23.6. The minimum Gasteiger partial charge on any atom is -0.353 e. The van der Waals surface area contributed by atoms with Crippen LogP contribution in [-0.2, 0) is 0 Å². The highest BCUT2D eigenvalue weighted by Crippen LogP contribution is 2.46. The first-order valence-electron chi connectivity index (χ1n) is 11.7. The topological polar surface area (TPSA) is 72.8 Å². The van der Waals surface area contributed by atoms with Crippen LogP contribution in [0.4, 0.5) is 11.4 Å². The molecule has 2 aromatic rings. The molecule has 2 aromatic carbocycles. The van der Waals surface area contributed by atoms with Crippen LogP contribution in [0.25, 0.3) is 0 Å². The van der Waals surface area contributed by atoms with Gasteiger partial charge in [0.2, 0.25) is 0 Å². The summed E-state index contributed by atoms with van der Waals surface area (Å²) in [4.78, 5) is -0.633. The summed E-state index contributed by atoms with van der Waals surface area (Å²) in [5.74, 6) is 0. The zero-order chi connectivity index (χ0) is 23.7. The number of thioether (sulfide) groups is 2. The first kappa shape index (κ1) is 25.5. The Labute approximate surface area is 219 Å². The number of nitrogens with zero attached hydrogens (tertiary/aromatic N) is 2. The van der Waals surface area contributed by atoms with Gasteiger partial charge in [0.25, 0.3) is 0 Å². The predicted molar refractivity (Wildman–Crippen MR) is 156 cm³/mol. The number of hydrogen-bond donors (Lipinski definition) is 4. The lowest BCUT2D eigenvalue weighted by Crippen LogP contribution is -2.43. The predicted octanol–water partition coefficient (Wildman–Crippen LogP) is 7.49. The van der Waals surface area contributed by atoms with Crippen LogP contribution >= 0.6 is 45.1 Å². The van der Waals surface area contributed by atoms with Crippen molar-refractivity contribution in [2.45, 2.75) is 62.4 Å². The summed E-state index contributed by atoms with van der Waals surface area (Å²) in [6, 6.07) is 20.7. The second-order valence-electron chi connectivity index (χ2n) is 8.19. The third-order valence-electron chi connectivity index (χ3n) is 5.37. The summed E-state index contributed by atoms with van der Waals surface area (Å²) in [6.45, 7) is 4.44. The van der Waals surface area contributed by atoms with Crippen molar-refractivity contribution in [3.05, 3.63) is 60.7 Å². The molecule has 0 saturated heterocycles. The number of unbranched alkanes of at least 4 members (excludes halogenated alkanes) is 2. The summed E-state index contributed by atoms with van der Waals surface area (Å²) in [5, 5.41) is 16.7. The van der Waals surface area contributed by atoms with E-state index in [1.165, 1.54) is 0 Å². The molecule has 0 amide bonds. The quantitative estimate of drug-likeness (QED) is 0.235. The van der Waals surface area contributed by atoms with E-state index < -0.39 is 0 Å². The van der Waals surface area contributed by atoms with Gasteiger partial charge in [0, 0.05) is 24.2 Å². The van der Waals surface area contributed by atoms with Gasteiger partial charge in [-0.2, -0.15) is 10.2 Å². The smallest absolute Gasteiger partial charge is 0.178 e. The van der Waals surface area contributed by atoms with E-state index in [-0.39, 0.29) is 9.99 Å². The number of hydrazone groups is 2. The van der Waals surface area contributed by atoms with Crippen molar-refractivity contribution in [3.8, 4) is 0 Å². The molecule has 4 N–H and O–H groups in total. The molecule has 0 saturated carbocycles. The molecule has 0 radical (unpaired) electrons. The summed E-state index contributed by atoms with van der Waals surface area (Å²) in [6.07, 6.45) is 6.51. The van der Waals surface area contributed by atoms with Gasteiger partial charge in [0.05, 0.1) is 0 Å². The third kappa shape index (κ3) is 6.96. The Morgan fingerprint density at radius 2 is 1.12 bits per heavy atom. The van der Waals surface area contributed by atoms with Crippen LogP contribution in [0.1, 0.15) is 52.4 Å². The van der Waals surface area contributed by atoms with E-state index in [0.717, 1.165) is 58.7 Å². The molecular weight excluding hydrogens is 501 g/mol. The summed E-state index contributed by atoms with van der Waals surface area (Å²) < 4.78 is 2.02. The molecule has 6 nitrogen and oxygen atoms in total. The van der Waals surface area contributed by atoms with Crippen LogP contribution in [0.2, 0.25) is 0 Å². The molecule has 2 aliphatic heterocycles. The number of anilines is 2. The zero-order valence-electron chi connectivity index (χ0n) is 19.5. The van der Waals surface area contributed by atoms with Crippen molar-refractivity contribution in [2.24, 2.45) is 10.2 Å². The van der Waals surface area contributed by atoms with Crippen molar-refractivity contribution < 1.29 is 0 Å². The van der Waals surface area contributed by atoms with E-state index in [9.17, 15) is 0 Å². The van der Waals surface area contributed by atoms with Gasteiger partial charge in [-0.05, 0) is 82.2 Å². The highest BCUT2D eigenvalue weighted by atomic mass is 33.1. The van der Waals surface area contributed by atoms with Crippen LogP contribution in [-0.4, -0.2) is 18.7 Å². The first-order chi connectivity index (χ1) is 16.6. The largest absolute Gasteiger partial charge is 0.353 e. The van der Waals surface area contributed by atoms with Gasteiger partial charge in [0.15, 0.2) is 18.7 Å². The minimum atomic E-state index is -0.317. The lowest BCUT2D eigenvalue weighted by Gasteiger charge is -2.30. The second-order valence-corrected chi connectivity index (χ2v) is 13.4. The molecule has 2 unspecified atom stereocenters. The van der Waals surface area contributed by atoms with Crippen LogP contribution in [0, 0.1) is 0 Å². The number of hydrogen-bond acceptors (Lipinski definition) is 10. The van der Waals surface area contributed by atoms with Gasteiger partial charge in [-0.25, -0.2) is 0 Å². The average molecular weight is 533 g/mol. The zero-order valence-corrected chi connectivity index (χ0v) is 22.8.